The summed E-state index contributed by atoms with van der Waals surface area (Å²) in [4.78, 5) is 5.13. The molecule has 4 rings (SSSR count). The Morgan fingerprint density at radius 1 is 1.11 bits per heavy atom. The Morgan fingerprint density at radius 3 is 2.57 bits per heavy atom. The summed E-state index contributed by atoms with van der Waals surface area (Å²) in [5.41, 5.74) is 8.34. The molecular weight excluding hydrogens is 348 g/mol. The van der Waals surface area contributed by atoms with Crippen molar-refractivity contribution in [2.24, 2.45) is 5.92 Å². The van der Waals surface area contributed by atoms with Crippen LogP contribution in [0.25, 0.3) is 0 Å². The Bertz CT molecular complexity index is 828. The van der Waals surface area contributed by atoms with Gasteiger partial charge in [-0.25, -0.2) is 0 Å². The SMILES string of the molecule is Cc1cc(CN2Cc3cnn(CCO)c3C2)c(C)c(CN2CCC[C@H](C)C2)c1. The van der Waals surface area contributed by atoms with Crippen LogP contribution in [-0.4, -0.2) is 44.4 Å². The van der Waals surface area contributed by atoms with Crippen LogP contribution < -0.4 is 0 Å². The molecule has 1 aromatic carbocycles. The zero-order valence-corrected chi connectivity index (χ0v) is 17.6. The normalized spacial score (nSPS) is 20.6. The number of piperidine rings is 1. The second kappa shape index (κ2) is 8.36. The molecule has 2 aliphatic heterocycles. The molecular formula is C23H34N4O. The van der Waals surface area contributed by atoms with Crippen molar-refractivity contribution in [1.82, 2.24) is 19.6 Å². The van der Waals surface area contributed by atoms with Gasteiger partial charge in [0, 0.05) is 38.3 Å². The predicted octanol–water partition coefficient (Wildman–Crippen LogP) is 3.24. The molecule has 3 heterocycles. The van der Waals surface area contributed by atoms with Crippen LogP contribution in [0.4, 0.5) is 0 Å². The molecule has 2 aliphatic rings. The minimum atomic E-state index is 0.142. The van der Waals surface area contributed by atoms with E-state index in [-0.39, 0.29) is 6.61 Å². The topological polar surface area (TPSA) is 44.5 Å². The molecule has 0 radical (unpaired) electrons. The Morgan fingerprint density at radius 2 is 1.86 bits per heavy atom. The van der Waals surface area contributed by atoms with Crippen molar-refractivity contribution in [3.8, 4) is 0 Å². The maximum absolute atomic E-state index is 9.24. The van der Waals surface area contributed by atoms with Gasteiger partial charge in [0.1, 0.15) is 0 Å². The summed E-state index contributed by atoms with van der Waals surface area (Å²) in [7, 11) is 0. The number of fused-ring (bicyclic) bond motifs is 1. The molecule has 0 aliphatic carbocycles. The fourth-order valence-corrected chi connectivity index (χ4v) is 4.93. The highest BCUT2D eigenvalue weighted by Crippen LogP contribution is 2.27. The summed E-state index contributed by atoms with van der Waals surface area (Å²) in [5, 5.41) is 13.7. The highest BCUT2D eigenvalue weighted by Gasteiger charge is 2.24. The number of hydrogen-bond acceptors (Lipinski definition) is 4. The monoisotopic (exact) mass is 382 g/mol. The van der Waals surface area contributed by atoms with Crippen LogP contribution in [0.1, 0.15) is 53.3 Å². The van der Waals surface area contributed by atoms with E-state index in [0.29, 0.717) is 6.54 Å². The third-order valence-electron chi connectivity index (χ3n) is 6.41. The lowest BCUT2D eigenvalue weighted by atomic mass is 9.96. The van der Waals surface area contributed by atoms with Crippen molar-refractivity contribution in [2.75, 3.05) is 19.7 Å². The number of aliphatic hydroxyl groups excluding tert-OH is 1. The molecule has 0 saturated carbocycles. The molecule has 0 amide bonds. The first-order valence-corrected chi connectivity index (χ1v) is 10.7. The number of rotatable bonds is 6. The lowest BCUT2D eigenvalue weighted by Crippen LogP contribution is -2.34. The Kier molecular flexibility index (Phi) is 5.85. The number of aryl methyl sites for hydroxylation is 1. The summed E-state index contributed by atoms with van der Waals surface area (Å²) in [6, 6.07) is 4.75. The largest absolute Gasteiger partial charge is 0.394 e. The van der Waals surface area contributed by atoms with Gasteiger partial charge in [-0.05, 0) is 55.8 Å². The molecule has 2 aromatic rings. The number of likely N-dealkylation sites (tertiary alicyclic amines) is 1. The summed E-state index contributed by atoms with van der Waals surface area (Å²) in [5.74, 6) is 0.819. The molecule has 1 atom stereocenters. The van der Waals surface area contributed by atoms with Gasteiger partial charge in [0.2, 0.25) is 0 Å². The van der Waals surface area contributed by atoms with Crippen molar-refractivity contribution >= 4 is 0 Å². The van der Waals surface area contributed by atoms with Gasteiger partial charge in [0.05, 0.1) is 25.0 Å². The minimum absolute atomic E-state index is 0.142. The standard InChI is InChI=1S/C23H34N4O/c1-17-5-4-6-25(12-17)13-20-9-18(2)10-21(19(20)3)14-26-15-22-11-24-27(7-8-28)23(22)16-26/h9-11,17,28H,4-8,12-16H2,1-3H3/t17-/m0/s1. The fraction of sp³-hybridized carbons (Fsp3) is 0.609. The molecule has 0 unspecified atom stereocenters. The van der Waals surface area contributed by atoms with Gasteiger partial charge in [-0.3, -0.25) is 14.5 Å². The van der Waals surface area contributed by atoms with Gasteiger partial charge in [0.25, 0.3) is 0 Å². The quantitative estimate of drug-likeness (QED) is 0.833. The maximum atomic E-state index is 9.24. The van der Waals surface area contributed by atoms with E-state index in [9.17, 15) is 5.11 Å². The van der Waals surface area contributed by atoms with Gasteiger partial charge in [-0.1, -0.05) is 24.6 Å². The van der Waals surface area contributed by atoms with E-state index < -0.39 is 0 Å². The van der Waals surface area contributed by atoms with E-state index in [0.717, 1.165) is 32.1 Å². The second-order valence-corrected chi connectivity index (χ2v) is 8.90. The number of nitrogens with zero attached hydrogens (tertiary/aromatic N) is 4. The van der Waals surface area contributed by atoms with E-state index in [4.69, 9.17) is 0 Å². The average Bonchev–Trinajstić information content (AvgIpc) is 3.21. The molecule has 1 fully saturated rings. The lowest BCUT2D eigenvalue weighted by Gasteiger charge is -2.31. The molecule has 28 heavy (non-hydrogen) atoms. The first-order chi connectivity index (χ1) is 13.5. The Hall–Kier alpha value is -1.69. The Balaban J connectivity index is 1.47. The third kappa shape index (κ3) is 4.17. The number of hydrogen-bond donors (Lipinski definition) is 1. The second-order valence-electron chi connectivity index (χ2n) is 8.90. The van der Waals surface area contributed by atoms with E-state index in [1.807, 2.05) is 10.9 Å². The molecule has 0 spiro atoms. The van der Waals surface area contributed by atoms with E-state index in [1.54, 1.807) is 0 Å². The van der Waals surface area contributed by atoms with E-state index in [1.165, 1.54) is 59.4 Å². The van der Waals surface area contributed by atoms with Gasteiger partial charge < -0.3 is 5.11 Å². The van der Waals surface area contributed by atoms with Crippen LogP contribution in [0.5, 0.6) is 0 Å². The van der Waals surface area contributed by atoms with Crippen molar-refractivity contribution in [1.29, 1.82) is 0 Å². The summed E-state index contributed by atoms with van der Waals surface area (Å²) in [6.45, 7) is 14.0. The van der Waals surface area contributed by atoms with Crippen LogP contribution >= 0.6 is 0 Å². The van der Waals surface area contributed by atoms with Crippen LogP contribution in [0.3, 0.4) is 0 Å². The molecule has 1 aromatic heterocycles. The van der Waals surface area contributed by atoms with Crippen LogP contribution in [0, 0.1) is 19.8 Å². The van der Waals surface area contributed by atoms with Crippen molar-refractivity contribution < 1.29 is 5.11 Å². The van der Waals surface area contributed by atoms with Gasteiger partial charge in [-0.15, -0.1) is 0 Å². The average molecular weight is 383 g/mol. The molecule has 5 nitrogen and oxygen atoms in total. The molecule has 152 valence electrons. The zero-order chi connectivity index (χ0) is 19.7. The first kappa shape index (κ1) is 19.6. The zero-order valence-electron chi connectivity index (χ0n) is 17.6. The van der Waals surface area contributed by atoms with E-state index in [2.05, 4.69) is 47.8 Å². The smallest absolute Gasteiger partial charge is 0.0644 e. The Labute approximate surface area is 169 Å². The highest BCUT2D eigenvalue weighted by molar-refractivity contribution is 5.38. The maximum Gasteiger partial charge on any atom is 0.0644 e. The molecule has 1 saturated heterocycles. The van der Waals surface area contributed by atoms with Crippen LogP contribution in [0.2, 0.25) is 0 Å². The van der Waals surface area contributed by atoms with Crippen molar-refractivity contribution in [3.05, 3.63) is 51.8 Å². The predicted molar refractivity (Wildman–Crippen MR) is 112 cm³/mol. The van der Waals surface area contributed by atoms with Gasteiger partial charge >= 0.3 is 0 Å². The third-order valence-corrected chi connectivity index (χ3v) is 6.41. The summed E-state index contributed by atoms with van der Waals surface area (Å²) < 4.78 is 1.96. The first-order valence-electron chi connectivity index (χ1n) is 10.7. The lowest BCUT2D eigenvalue weighted by molar-refractivity contribution is 0.176. The highest BCUT2D eigenvalue weighted by atomic mass is 16.3. The van der Waals surface area contributed by atoms with Crippen molar-refractivity contribution in [2.45, 2.75) is 66.3 Å². The summed E-state index contributed by atoms with van der Waals surface area (Å²) >= 11 is 0. The van der Waals surface area contributed by atoms with Crippen LogP contribution in [-0.2, 0) is 32.7 Å². The molecule has 1 N–H and O–H groups in total. The molecule has 5 heteroatoms. The minimum Gasteiger partial charge on any atom is -0.394 e. The van der Waals surface area contributed by atoms with Crippen molar-refractivity contribution in [3.63, 3.8) is 0 Å². The fourth-order valence-electron chi connectivity index (χ4n) is 4.93. The van der Waals surface area contributed by atoms with Gasteiger partial charge in [-0.2, -0.15) is 5.10 Å². The van der Waals surface area contributed by atoms with Gasteiger partial charge in [0.15, 0.2) is 0 Å². The van der Waals surface area contributed by atoms with Crippen LogP contribution in [0.15, 0.2) is 18.3 Å². The number of benzene rings is 1. The summed E-state index contributed by atoms with van der Waals surface area (Å²) in [6.07, 6.45) is 4.67. The molecule has 0 bridgehead atoms. The number of aromatic nitrogens is 2. The number of aliphatic hydroxyl groups is 1. The van der Waals surface area contributed by atoms with E-state index >= 15 is 0 Å².